The van der Waals surface area contributed by atoms with E-state index in [0.717, 1.165) is 77.0 Å². The summed E-state index contributed by atoms with van der Waals surface area (Å²) in [6.07, 6.45) is 92.0. The third-order valence-electron chi connectivity index (χ3n) is 14.4. The molecule has 0 saturated carbocycles. The molecule has 0 spiro atoms. The molecular formula is C72H126NO8P. The number of allylic oxidation sites excluding steroid dienone is 18. The minimum Gasteiger partial charge on any atom is -0.462 e. The first-order chi connectivity index (χ1) is 40.3. The zero-order valence-corrected chi connectivity index (χ0v) is 53.8. The molecule has 3 N–H and O–H groups in total. The Balaban J connectivity index is 3.98. The summed E-state index contributed by atoms with van der Waals surface area (Å²) < 4.78 is 33.1. The van der Waals surface area contributed by atoms with E-state index in [1.807, 2.05) is 6.08 Å². The highest BCUT2D eigenvalue weighted by molar-refractivity contribution is 7.47. The number of carbonyl (C=O) groups is 2. The van der Waals surface area contributed by atoms with Crippen LogP contribution in [0.5, 0.6) is 0 Å². The number of nitrogens with two attached hydrogens (primary N) is 1. The summed E-state index contributed by atoms with van der Waals surface area (Å²) in [6.45, 7) is 3.59. The van der Waals surface area contributed by atoms with Gasteiger partial charge in [0, 0.05) is 19.4 Å². The van der Waals surface area contributed by atoms with Crippen molar-refractivity contribution in [1.29, 1.82) is 0 Å². The molecule has 2 unspecified atom stereocenters. The third-order valence-corrected chi connectivity index (χ3v) is 15.4. The van der Waals surface area contributed by atoms with Crippen LogP contribution in [-0.4, -0.2) is 49.3 Å². The Morgan fingerprint density at radius 1 is 0.378 bits per heavy atom. The van der Waals surface area contributed by atoms with E-state index in [0.29, 0.717) is 12.8 Å². The van der Waals surface area contributed by atoms with Crippen LogP contribution in [0, 0.1) is 0 Å². The SMILES string of the molecule is CC/C=C\C/C=C\C/C=C\C/C=C\C/C=C\C/C=C\C/C=C\C/C=C\C/C=C\CCCC(=O)OC(COC(=O)CCCCCCCCCCCCCCCCCCCCCCCCCCCCCCCCCC)COP(=O)(O)OCCN. The summed E-state index contributed by atoms with van der Waals surface area (Å²) in [5.74, 6) is -0.893. The van der Waals surface area contributed by atoms with Crippen molar-refractivity contribution in [2.75, 3.05) is 26.4 Å². The van der Waals surface area contributed by atoms with Gasteiger partial charge in [-0.2, -0.15) is 0 Å². The van der Waals surface area contributed by atoms with Gasteiger partial charge in [-0.15, -0.1) is 0 Å². The number of hydrogen-bond donors (Lipinski definition) is 2. The normalized spacial score (nSPS) is 13.7. The zero-order chi connectivity index (χ0) is 59.4. The Kier molecular flexibility index (Phi) is 64.1. The first-order valence-corrected chi connectivity index (χ1v) is 35.4. The minimum absolute atomic E-state index is 0.0398. The summed E-state index contributed by atoms with van der Waals surface area (Å²) >= 11 is 0. The van der Waals surface area contributed by atoms with Crippen molar-refractivity contribution in [3.05, 3.63) is 109 Å². The first-order valence-electron chi connectivity index (χ1n) is 33.9. The molecule has 0 heterocycles. The number of rotatable bonds is 63. The lowest BCUT2D eigenvalue weighted by molar-refractivity contribution is -0.161. The Morgan fingerprint density at radius 3 is 0.988 bits per heavy atom. The molecule has 0 aliphatic heterocycles. The molecule has 0 aromatic rings. The average molecular weight is 1160 g/mol. The quantitative estimate of drug-likeness (QED) is 0.0264. The van der Waals surface area contributed by atoms with Crippen molar-refractivity contribution >= 4 is 19.8 Å². The lowest BCUT2D eigenvalue weighted by Gasteiger charge is -2.19. The molecule has 10 heteroatoms. The molecule has 0 fully saturated rings. The van der Waals surface area contributed by atoms with E-state index in [1.54, 1.807) is 0 Å². The second kappa shape index (κ2) is 66.8. The molecule has 82 heavy (non-hydrogen) atoms. The molecule has 0 amide bonds. The summed E-state index contributed by atoms with van der Waals surface area (Å²) in [5.41, 5.74) is 5.39. The van der Waals surface area contributed by atoms with Crippen molar-refractivity contribution in [3.63, 3.8) is 0 Å². The molecule has 0 radical (unpaired) electrons. The van der Waals surface area contributed by atoms with E-state index in [4.69, 9.17) is 24.3 Å². The van der Waals surface area contributed by atoms with Crippen LogP contribution in [-0.2, 0) is 32.7 Å². The summed E-state index contributed by atoms with van der Waals surface area (Å²) in [6, 6.07) is 0. The van der Waals surface area contributed by atoms with E-state index >= 15 is 0 Å². The van der Waals surface area contributed by atoms with Crippen LogP contribution < -0.4 is 5.73 Å². The summed E-state index contributed by atoms with van der Waals surface area (Å²) in [4.78, 5) is 35.3. The van der Waals surface area contributed by atoms with Crippen LogP contribution in [0.25, 0.3) is 0 Å². The van der Waals surface area contributed by atoms with E-state index in [-0.39, 0.29) is 32.6 Å². The van der Waals surface area contributed by atoms with Gasteiger partial charge in [-0.1, -0.05) is 322 Å². The van der Waals surface area contributed by atoms with E-state index < -0.39 is 32.5 Å². The van der Waals surface area contributed by atoms with Gasteiger partial charge in [0.1, 0.15) is 6.61 Å². The van der Waals surface area contributed by atoms with Gasteiger partial charge in [0.15, 0.2) is 6.10 Å². The molecule has 0 aromatic carbocycles. The number of phosphoric ester groups is 1. The molecule has 0 aliphatic rings. The number of hydrogen-bond acceptors (Lipinski definition) is 8. The van der Waals surface area contributed by atoms with Gasteiger partial charge in [-0.25, -0.2) is 4.57 Å². The van der Waals surface area contributed by atoms with Gasteiger partial charge in [0.25, 0.3) is 0 Å². The molecule has 0 saturated heterocycles. The number of carbonyl (C=O) groups excluding carboxylic acids is 2. The van der Waals surface area contributed by atoms with Crippen molar-refractivity contribution in [2.45, 2.75) is 309 Å². The second-order valence-electron chi connectivity index (χ2n) is 22.3. The van der Waals surface area contributed by atoms with Gasteiger partial charge >= 0.3 is 19.8 Å². The lowest BCUT2D eigenvalue weighted by Crippen LogP contribution is -2.29. The van der Waals surface area contributed by atoms with Crippen LogP contribution in [0.15, 0.2) is 109 Å². The van der Waals surface area contributed by atoms with Gasteiger partial charge in [-0.3, -0.25) is 18.6 Å². The van der Waals surface area contributed by atoms with Crippen LogP contribution in [0.1, 0.15) is 303 Å². The highest BCUT2D eigenvalue weighted by Gasteiger charge is 2.26. The highest BCUT2D eigenvalue weighted by Crippen LogP contribution is 2.43. The summed E-state index contributed by atoms with van der Waals surface area (Å²) in [5, 5.41) is 0. The van der Waals surface area contributed by atoms with Crippen LogP contribution in [0.2, 0.25) is 0 Å². The van der Waals surface area contributed by atoms with E-state index in [2.05, 4.69) is 117 Å². The zero-order valence-electron chi connectivity index (χ0n) is 52.9. The average Bonchev–Trinajstić information content (AvgIpc) is 3.48. The molecule has 2 atom stereocenters. The Labute approximate surface area is 505 Å². The van der Waals surface area contributed by atoms with Crippen molar-refractivity contribution in [3.8, 4) is 0 Å². The van der Waals surface area contributed by atoms with Crippen LogP contribution >= 0.6 is 7.82 Å². The Bertz CT molecular complexity index is 1710. The number of phosphoric acid groups is 1. The van der Waals surface area contributed by atoms with Crippen LogP contribution in [0.3, 0.4) is 0 Å². The maximum atomic E-state index is 12.7. The largest absolute Gasteiger partial charge is 0.472 e. The van der Waals surface area contributed by atoms with Crippen molar-refractivity contribution in [2.24, 2.45) is 5.73 Å². The highest BCUT2D eigenvalue weighted by atomic mass is 31.2. The monoisotopic (exact) mass is 1160 g/mol. The minimum atomic E-state index is -4.41. The van der Waals surface area contributed by atoms with Gasteiger partial charge < -0.3 is 20.1 Å². The van der Waals surface area contributed by atoms with Gasteiger partial charge in [-0.05, 0) is 77.0 Å². The molecule has 0 bridgehead atoms. The third kappa shape index (κ3) is 65.8. The number of unbranched alkanes of at least 4 members (excludes halogenated alkanes) is 32. The van der Waals surface area contributed by atoms with Crippen molar-refractivity contribution < 1.29 is 37.6 Å². The first kappa shape index (κ1) is 78.7. The number of ether oxygens (including phenoxy) is 2. The smallest absolute Gasteiger partial charge is 0.462 e. The fraction of sp³-hybridized carbons (Fsp3) is 0.722. The summed E-state index contributed by atoms with van der Waals surface area (Å²) in [7, 11) is -4.41. The number of esters is 2. The predicted octanol–water partition coefficient (Wildman–Crippen LogP) is 22.1. The Morgan fingerprint density at radius 2 is 0.671 bits per heavy atom. The fourth-order valence-electron chi connectivity index (χ4n) is 9.46. The molecular weight excluding hydrogens is 1040 g/mol. The van der Waals surface area contributed by atoms with E-state index in [9.17, 15) is 19.0 Å². The van der Waals surface area contributed by atoms with Crippen molar-refractivity contribution in [1.82, 2.24) is 0 Å². The fourth-order valence-corrected chi connectivity index (χ4v) is 10.2. The topological polar surface area (TPSA) is 134 Å². The molecule has 0 aromatic heterocycles. The molecule has 0 rings (SSSR count). The maximum Gasteiger partial charge on any atom is 0.472 e. The standard InChI is InChI=1S/C72H126NO8P/c1-3-5-7-9-11-13-15-17-19-21-23-25-27-29-31-33-34-35-37-38-40-42-44-46-48-50-52-54-56-58-60-62-64-71(74)78-68-70(69-80-82(76,77)79-67-66-73)81-72(75)65-63-61-59-57-55-53-51-49-47-45-43-41-39-36-32-30-28-26-24-22-20-18-16-14-12-10-8-6-4-2/h6,8,12,14,18,20,24,26,30,32,39,41,45,47,51,53,57,59,70H,3-5,7,9-11,13,15-17,19,21-23,25,27-29,31,33-38,40,42-44,46,48-50,52,54-56,58,60-69,73H2,1-2H3,(H,76,77)/b8-6-,14-12-,20-18-,26-24-,32-30-,41-39-,47-45-,53-51-,59-57-. The maximum absolute atomic E-state index is 12.7. The molecule has 9 nitrogen and oxygen atoms in total. The molecule has 0 aliphatic carbocycles. The predicted molar refractivity (Wildman–Crippen MR) is 353 cm³/mol. The second-order valence-corrected chi connectivity index (χ2v) is 23.8. The van der Waals surface area contributed by atoms with Gasteiger partial charge in [0.2, 0.25) is 0 Å². The van der Waals surface area contributed by atoms with E-state index in [1.165, 1.54) is 186 Å². The van der Waals surface area contributed by atoms with Gasteiger partial charge in [0.05, 0.1) is 13.2 Å². The Hall–Kier alpha value is -3.33. The lowest BCUT2D eigenvalue weighted by atomic mass is 10.0. The molecule has 472 valence electrons. The van der Waals surface area contributed by atoms with Crippen LogP contribution in [0.4, 0.5) is 0 Å².